The van der Waals surface area contributed by atoms with E-state index in [1.165, 1.54) is 31.4 Å². The van der Waals surface area contributed by atoms with Crippen molar-refractivity contribution in [3.8, 4) is 0 Å². The highest BCUT2D eigenvalue weighted by Gasteiger charge is 2.05. The summed E-state index contributed by atoms with van der Waals surface area (Å²) in [5.41, 5.74) is 4.12. The summed E-state index contributed by atoms with van der Waals surface area (Å²) in [5, 5.41) is 7.88. The molecule has 0 spiro atoms. The molecule has 0 aliphatic heterocycles. The molecule has 0 aromatic carbocycles. The van der Waals surface area contributed by atoms with Gasteiger partial charge in [0.2, 0.25) is 0 Å². The van der Waals surface area contributed by atoms with Crippen LogP contribution in [0.3, 0.4) is 0 Å². The van der Waals surface area contributed by atoms with Crippen molar-refractivity contribution in [2.75, 3.05) is 6.54 Å². The molecule has 0 atom stereocenters. The summed E-state index contributed by atoms with van der Waals surface area (Å²) < 4.78 is 0. The number of hydrogen-bond acceptors (Lipinski definition) is 2. The smallest absolute Gasteiger partial charge is 0.187 e. The summed E-state index contributed by atoms with van der Waals surface area (Å²) in [6, 6.07) is 0. The molecule has 1 saturated carbocycles. The topological polar surface area (TPSA) is 36.4 Å². The second kappa shape index (κ2) is 7.40. The third-order valence-electron chi connectivity index (χ3n) is 2.40. The minimum Gasteiger partial charge on any atom is -0.358 e. The molecule has 15 heavy (non-hydrogen) atoms. The van der Waals surface area contributed by atoms with E-state index >= 15 is 0 Å². The van der Waals surface area contributed by atoms with E-state index in [1.54, 1.807) is 6.08 Å². The maximum absolute atomic E-state index is 5.04. The van der Waals surface area contributed by atoms with Gasteiger partial charge in [-0.1, -0.05) is 18.9 Å². The minimum absolute atomic E-state index is 0.576. The molecule has 0 amide bonds. The second-order valence-electron chi connectivity index (χ2n) is 3.70. The van der Waals surface area contributed by atoms with E-state index < -0.39 is 0 Å². The van der Waals surface area contributed by atoms with Crippen molar-refractivity contribution in [3.63, 3.8) is 0 Å². The van der Waals surface area contributed by atoms with Gasteiger partial charge in [0.05, 0.1) is 0 Å². The van der Waals surface area contributed by atoms with Gasteiger partial charge in [-0.05, 0) is 37.9 Å². The first kappa shape index (κ1) is 12.2. The van der Waals surface area contributed by atoms with Crippen molar-refractivity contribution in [3.05, 3.63) is 12.7 Å². The lowest BCUT2D eigenvalue weighted by Gasteiger charge is -2.06. The molecule has 0 aromatic heterocycles. The summed E-state index contributed by atoms with van der Waals surface area (Å²) in [6.45, 7) is 4.29. The highest BCUT2D eigenvalue weighted by molar-refractivity contribution is 7.80. The summed E-state index contributed by atoms with van der Waals surface area (Å²) >= 11 is 5.04. The van der Waals surface area contributed by atoms with Crippen molar-refractivity contribution < 1.29 is 0 Å². The van der Waals surface area contributed by atoms with Crippen LogP contribution in [0.2, 0.25) is 0 Å². The van der Waals surface area contributed by atoms with Gasteiger partial charge in [-0.2, -0.15) is 5.10 Å². The lowest BCUT2D eigenvalue weighted by atomic mass is 10.2. The van der Waals surface area contributed by atoms with Gasteiger partial charge in [-0.25, -0.2) is 0 Å². The van der Waals surface area contributed by atoms with Crippen molar-refractivity contribution in [1.82, 2.24) is 10.7 Å². The Labute approximate surface area is 97.0 Å². The van der Waals surface area contributed by atoms with Gasteiger partial charge in [0.25, 0.3) is 0 Å². The number of hydrazone groups is 1. The number of thiocarbonyl (C=S) groups is 1. The van der Waals surface area contributed by atoms with Crippen molar-refractivity contribution >= 4 is 23.0 Å². The number of nitrogens with one attached hydrogen (secondary N) is 2. The molecule has 84 valence electrons. The molecule has 0 radical (unpaired) electrons. The van der Waals surface area contributed by atoms with Crippen LogP contribution in [-0.2, 0) is 0 Å². The van der Waals surface area contributed by atoms with Gasteiger partial charge in [-0.15, -0.1) is 6.58 Å². The standard InChI is InChI=1S/C11H19N3S/c1-2-9-12-11(15)14-13-10-7-5-3-4-6-8-10/h2H,1,3-9H2,(H2,12,14,15). The molecular formula is C11H19N3S. The van der Waals surface area contributed by atoms with Crippen LogP contribution in [0.5, 0.6) is 0 Å². The fraction of sp³-hybridized carbons (Fsp3) is 0.636. The highest BCUT2D eigenvalue weighted by atomic mass is 32.1. The van der Waals surface area contributed by atoms with Crippen LogP contribution in [0.1, 0.15) is 38.5 Å². The summed E-state index contributed by atoms with van der Waals surface area (Å²) in [7, 11) is 0. The zero-order chi connectivity index (χ0) is 10.9. The molecule has 1 aliphatic rings. The molecule has 0 bridgehead atoms. The molecule has 1 aliphatic carbocycles. The van der Waals surface area contributed by atoms with E-state index in [1.807, 2.05) is 0 Å². The lowest BCUT2D eigenvalue weighted by Crippen LogP contribution is -2.32. The fourth-order valence-corrected chi connectivity index (χ4v) is 1.71. The summed E-state index contributed by atoms with van der Waals surface area (Å²) in [5.74, 6) is 0. The first-order chi connectivity index (χ1) is 7.33. The Morgan fingerprint density at radius 3 is 2.60 bits per heavy atom. The SMILES string of the molecule is C=CCNC(=S)NN=C1CCCCCC1. The van der Waals surface area contributed by atoms with Crippen LogP contribution >= 0.6 is 12.2 Å². The Morgan fingerprint density at radius 1 is 1.33 bits per heavy atom. The van der Waals surface area contributed by atoms with Gasteiger partial charge in [0, 0.05) is 12.3 Å². The zero-order valence-electron chi connectivity index (χ0n) is 9.09. The Hall–Kier alpha value is -0.900. The van der Waals surface area contributed by atoms with Crippen LogP contribution in [0.25, 0.3) is 0 Å². The van der Waals surface area contributed by atoms with Crippen LogP contribution in [0, 0.1) is 0 Å². The predicted molar refractivity (Wildman–Crippen MR) is 69.1 cm³/mol. The fourth-order valence-electron chi connectivity index (χ4n) is 1.58. The van der Waals surface area contributed by atoms with Gasteiger partial charge in [-0.3, -0.25) is 5.43 Å². The Bertz CT molecular complexity index is 238. The molecule has 4 heteroatoms. The summed E-state index contributed by atoms with van der Waals surface area (Å²) in [4.78, 5) is 0. The van der Waals surface area contributed by atoms with Crippen molar-refractivity contribution in [2.45, 2.75) is 38.5 Å². The van der Waals surface area contributed by atoms with Crippen LogP contribution in [-0.4, -0.2) is 17.4 Å². The van der Waals surface area contributed by atoms with Gasteiger partial charge >= 0.3 is 0 Å². The van der Waals surface area contributed by atoms with Crippen LogP contribution in [0.4, 0.5) is 0 Å². The maximum atomic E-state index is 5.04. The molecular weight excluding hydrogens is 206 g/mol. The maximum Gasteiger partial charge on any atom is 0.187 e. The lowest BCUT2D eigenvalue weighted by molar-refractivity contribution is 0.702. The predicted octanol–water partition coefficient (Wildman–Crippen LogP) is 2.35. The van der Waals surface area contributed by atoms with Gasteiger partial charge < -0.3 is 5.32 Å². The number of rotatable bonds is 3. The largest absolute Gasteiger partial charge is 0.358 e. The minimum atomic E-state index is 0.576. The first-order valence-electron chi connectivity index (χ1n) is 5.53. The highest BCUT2D eigenvalue weighted by Crippen LogP contribution is 2.14. The van der Waals surface area contributed by atoms with Crippen LogP contribution < -0.4 is 10.7 Å². The van der Waals surface area contributed by atoms with Crippen LogP contribution in [0.15, 0.2) is 17.8 Å². The van der Waals surface area contributed by atoms with E-state index in [0.717, 1.165) is 12.8 Å². The molecule has 0 saturated heterocycles. The summed E-state index contributed by atoms with van der Waals surface area (Å²) in [6.07, 6.45) is 9.16. The first-order valence-corrected chi connectivity index (χ1v) is 5.94. The van der Waals surface area contributed by atoms with Crippen molar-refractivity contribution in [2.24, 2.45) is 5.10 Å². The Balaban J connectivity index is 2.28. The normalized spacial score (nSPS) is 16.4. The molecule has 3 nitrogen and oxygen atoms in total. The van der Waals surface area contributed by atoms with E-state index in [0.29, 0.717) is 11.7 Å². The van der Waals surface area contributed by atoms with Gasteiger partial charge in [0.15, 0.2) is 5.11 Å². The Morgan fingerprint density at radius 2 is 2.00 bits per heavy atom. The van der Waals surface area contributed by atoms with E-state index in [4.69, 9.17) is 12.2 Å². The molecule has 0 aromatic rings. The average Bonchev–Trinajstić information content (AvgIpc) is 2.51. The number of nitrogens with zero attached hydrogens (tertiary/aromatic N) is 1. The van der Waals surface area contributed by atoms with Crippen molar-refractivity contribution in [1.29, 1.82) is 0 Å². The quantitative estimate of drug-likeness (QED) is 0.335. The van der Waals surface area contributed by atoms with E-state index in [-0.39, 0.29) is 0 Å². The monoisotopic (exact) mass is 225 g/mol. The third kappa shape index (κ3) is 5.52. The molecule has 1 fully saturated rings. The third-order valence-corrected chi connectivity index (χ3v) is 2.64. The van der Waals surface area contributed by atoms with E-state index in [9.17, 15) is 0 Å². The molecule has 2 N–H and O–H groups in total. The van der Waals surface area contributed by atoms with Gasteiger partial charge in [0.1, 0.15) is 0 Å². The molecule has 0 heterocycles. The zero-order valence-corrected chi connectivity index (χ0v) is 9.91. The average molecular weight is 225 g/mol. The molecule has 1 rings (SSSR count). The Kier molecular flexibility index (Phi) is 6.00. The van der Waals surface area contributed by atoms with E-state index in [2.05, 4.69) is 22.4 Å². The molecule has 0 unspecified atom stereocenters. The number of hydrogen-bond donors (Lipinski definition) is 2. The second-order valence-corrected chi connectivity index (χ2v) is 4.11.